The first kappa shape index (κ1) is 16.7. The van der Waals surface area contributed by atoms with Gasteiger partial charge in [-0.3, -0.25) is 9.59 Å². The average molecular weight is 322 g/mol. The summed E-state index contributed by atoms with van der Waals surface area (Å²) in [4.78, 5) is 37.9. The van der Waals surface area contributed by atoms with Crippen molar-refractivity contribution < 1.29 is 28.6 Å². The lowest BCUT2D eigenvalue weighted by Crippen LogP contribution is -2.23. The number of nitrogens with zero attached hydrogens (tertiary/aromatic N) is 1. The summed E-state index contributed by atoms with van der Waals surface area (Å²) < 4.78 is 14.7. The fourth-order valence-corrected chi connectivity index (χ4v) is 2.40. The number of amides is 1. The zero-order valence-corrected chi connectivity index (χ0v) is 12.9. The van der Waals surface area contributed by atoms with E-state index in [0.717, 1.165) is 20.0 Å². The summed E-state index contributed by atoms with van der Waals surface area (Å²) in [6.07, 6.45) is 3.35. The number of methoxy groups -OCH3 is 2. The number of aromatic nitrogens is 1. The standard InChI is InChI=1S/C15H18N2O6/c1-21-14(19)9-3-5-11(7-9)23-12-6-4-10(8-16-12)17-13(18)15(20)22-2/h4,6,8-9,11H,3,5,7H2,1-2H3,(H,17,18). The Labute approximate surface area is 133 Å². The van der Waals surface area contributed by atoms with Gasteiger partial charge in [0.1, 0.15) is 6.10 Å². The van der Waals surface area contributed by atoms with Gasteiger partial charge in [-0.2, -0.15) is 0 Å². The third-order valence-corrected chi connectivity index (χ3v) is 3.57. The monoisotopic (exact) mass is 322 g/mol. The zero-order chi connectivity index (χ0) is 16.8. The predicted octanol–water partition coefficient (Wildman–Crippen LogP) is 0.914. The van der Waals surface area contributed by atoms with Crippen LogP contribution in [0.15, 0.2) is 18.3 Å². The number of carbonyl (C=O) groups is 3. The molecule has 2 atom stereocenters. The summed E-state index contributed by atoms with van der Waals surface area (Å²) in [7, 11) is 2.50. The van der Waals surface area contributed by atoms with Crippen molar-refractivity contribution in [2.75, 3.05) is 19.5 Å². The number of nitrogens with one attached hydrogen (secondary N) is 1. The van der Waals surface area contributed by atoms with Crippen LogP contribution in [0.3, 0.4) is 0 Å². The SMILES string of the molecule is COC(=O)C(=O)Nc1ccc(OC2CCC(C(=O)OC)C2)nc1. The topological polar surface area (TPSA) is 104 Å². The van der Waals surface area contributed by atoms with Crippen LogP contribution in [0.5, 0.6) is 5.88 Å². The van der Waals surface area contributed by atoms with E-state index in [9.17, 15) is 14.4 Å². The van der Waals surface area contributed by atoms with Crippen LogP contribution in [0.4, 0.5) is 5.69 Å². The molecule has 1 aromatic heterocycles. The lowest BCUT2D eigenvalue weighted by Gasteiger charge is -2.13. The number of pyridine rings is 1. The van der Waals surface area contributed by atoms with E-state index in [1.165, 1.54) is 13.3 Å². The number of hydrogen-bond donors (Lipinski definition) is 1. The van der Waals surface area contributed by atoms with E-state index in [1.807, 2.05) is 0 Å². The highest BCUT2D eigenvalue weighted by Gasteiger charge is 2.32. The van der Waals surface area contributed by atoms with Gasteiger partial charge >= 0.3 is 17.8 Å². The first-order chi connectivity index (χ1) is 11.0. The Bertz CT molecular complexity index is 586. The molecule has 124 valence electrons. The second-order valence-electron chi connectivity index (χ2n) is 5.10. The van der Waals surface area contributed by atoms with E-state index in [4.69, 9.17) is 9.47 Å². The minimum Gasteiger partial charge on any atom is -0.474 e. The predicted molar refractivity (Wildman–Crippen MR) is 78.7 cm³/mol. The van der Waals surface area contributed by atoms with E-state index in [1.54, 1.807) is 12.1 Å². The van der Waals surface area contributed by atoms with Crippen LogP contribution in [0.1, 0.15) is 19.3 Å². The Hall–Kier alpha value is -2.64. The van der Waals surface area contributed by atoms with Crippen molar-refractivity contribution in [2.45, 2.75) is 25.4 Å². The minimum absolute atomic E-state index is 0.0953. The van der Waals surface area contributed by atoms with Gasteiger partial charge in [0.2, 0.25) is 5.88 Å². The Kier molecular flexibility index (Phi) is 5.51. The lowest BCUT2D eigenvalue weighted by molar-refractivity contribution is -0.150. The molecule has 1 saturated carbocycles. The minimum atomic E-state index is -0.981. The second kappa shape index (κ2) is 7.57. The normalized spacial score (nSPS) is 19.7. The molecular formula is C15H18N2O6. The molecule has 0 radical (unpaired) electrons. The van der Waals surface area contributed by atoms with Crippen molar-refractivity contribution >= 4 is 23.5 Å². The summed E-state index contributed by atoms with van der Waals surface area (Å²) in [5, 5.41) is 2.35. The summed E-state index contributed by atoms with van der Waals surface area (Å²) in [5.41, 5.74) is 0.353. The summed E-state index contributed by atoms with van der Waals surface area (Å²) in [5.74, 6) is -1.82. The van der Waals surface area contributed by atoms with E-state index in [0.29, 0.717) is 18.0 Å². The molecule has 8 heteroatoms. The molecule has 1 heterocycles. The molecule has 0 aliphatic heterocycles. The molecule has 1 aromatic rings. The van der Waals surface area contributed by atoms with Gasteiger partial charge in [-0.15, -0.1) is 0 Å². The maximum Gasteiger partial charge on any atom is 0.396 e. The zero-order valence-electron chi connectivity index (χ0n) is 12.9. The highest BCUT2D eigenvalue weighted by atomic mass is 16.5. The largest absolute Gasteiger partial charge is 0.474 e. The fraction of sp³-hybridized carbons (Fsp3) is 0.467. The van der Waals surface area contributed by atoms with Crippen LogP contribution in [0.2, 0.25) is 0 Å². The van der Waals surface area contributed by atoms with Crippen molar-refractivity contribution in [1.82, 2.24) is 4.98 Å². The van der Waals surface area contributed by atoms with Crippen LogP contribution >= 0.6 is 0 Å². The fourth-order valence-electron chi connectivity index (χ4n) is 2.40. The first-order valence-corrected chi connectivity index (χ1v) is 7.13. The Morgan fingerprint density at radius 1 is 1.17 bits per heavy atom. The number of ether oxygens (including phenoxy) is 3. The third kappa shape index (κ3) is 4.41. The molecule has 8 nitrogen and oxygen atoms in total. The molecule has 2 rings (SSSR count). The Balaban J connectivity index is 1.87. The molecule has 0 spiro atoms. The van der Waals surface area contributed by atoms with Gasteiger partial charge in [0, 0.05) is 6.07 Å². The van der Waals surface area contributed by atoms with E-state index in [2.05, 4.69) is 15.0 Å². The van der Waals surface area contributed by atoms with E-state index in [-0.39, 0.29) is 18.0 Å². The number of carbonyl (C=O) groups excluding carboxylic acids is 3. The smallest absolute Gasteiger partial charge is 0.396 e. The molecule has 0 saturated heterocycles. The second-order valence-corrected chi connectivity index (χ2v) is 5.10. The maximum atomic E-state index is 11.5. The lowest BCUT2D eigenvalue weighted by atomic mass is 10.1. The molecule has 1 aliphatic rings. The Morgan fingerprint density at radius 2 is 1.96 bits per heavy atom. The molecule has 2 unspecified atom stereocenters. The molecule has 1 amide bonds. The quantitative estimate of drug-likeness (QED) is 0.649. The van der Waals surface area contributed by atoms with Crippen LogP contribution in [0, 0.1) is 5.92 Å². The van der Waals surface area contributed by atoms with Gasteiger partial charge in [-0.05, 0) is 25.3 Å². The van der Waals surface area contributed by atoms with Crippen molar-refractivity contribution in [3.05, 3.63) is 18.3 Å². The number of hydrogen-bond acceptors (Lipinski definition) is 7. The molecule has 0 bridgehead atoms. The summed E-state index contributed by atoms with van der Waals surface area (Å²) >= 11 is 0. The first-order valence-electron chi connectivity index (χ1n) is 7.13. The molecule has 0 aromatic carbocycles. The van der Waals surface area contributed by atoms with Gasteiger partial charge < -0.3 is 19.5 Å². The molecule has 1 N–H and O–H groups in total. The van der Waals surface area contributed by atoms with Crippen LogP contribution in [-0.2, 0) is 23.9 Å². The highest BCUT2D eigenvalue weighted by Crippen LogP contribution is 2.29. The van der Waals surface area contributed by atoms with Crippen molar-refractivity contribution in [3.8, 4) is 5.88 Å². The number of rotatable bonds is 4. The van der Waals surface area contributed by atoms with Gasteiger partial charge in [0.25, 0.3) is 0 Å². The summed E-state index contributed by atoms with van der Waals surface area (Å²) in [6.45, 7) is 0. The van der Waals surface area contributed by atoms with Gasteiger partial charge in [0.15, 0.2) is 0 Å². The molecule has 1 fully saturated rings. The number of esters is 2. The number of anilines is 1. The maximum absolute atomic E-state index is 11.5. The van der Waals surface area contributed by atoms with Crippen molar-refractivity contribution in [1.29, 1.82) is 0 Å². The molecule has 23 heavy (non-hydrogen) atoms. The van der Waals surface area contributed by atoms with Crippen LogP contribution in [-0.4, -0.2) is 43.2 Å². The summed E-state index contributed by atoms with van der Waals surface area (Å²) in [6, 6.07) is 3.15. The Morgan fingerprint density at radius 3 is 2.57 bits per heavy atom. The molecular weight excluding hydrogens is 304 g/mol. The van der Waals surface area contributed by atoms with Crippen molar-refractivity contribution in [3.63, 3.8) is 0 Å². The van der Waals surface area contributed by atoms with Crippen molar-refractivity contribution in [2.24, 2.45) is 5.92 Å². The average Bonchev–Trinajstić information content (AvgIpc) is 3.03. The highest BCUT2D eigenvalue weighted by molar-refractivity contribution is 6.37. The van der Waals surface area contributed by atoms with Crippen LogP contribution < -0.4 is 10.1 Å². The van der Waals surface area contributed by atoms with E-state index >= 15 is 0 Å². The van der Waals surface area contributed by atoms with Gasteiger partial charge in [-0.1, -0.05) is 0 Å². The molecule has 1 aliphatic carbocycles. The van der Waals surface area contributed by atoms with Crippen LogP contribution in [0.25, 0.3) is 0 Å². The van der Waals surface area contributed by atoms with Gasteiger partial charge in [0.05, 0.1) is 32.0 Å². The van der Waals surface area contributed by atoms with E-state index < -0.39 is 11.9 Å². The van der Waals surface area contributed by atoms with Gasteiger partial charge in [-0.25, -0.2) is 9.78 Å². The third-order valence-electron chi connectivity index (χ3n) is 3.57.